The van der Waals surface area contributed by atoms with E-state index in [-0.39, 0.29) is 12.4 Å². The van der Waals surface area contributed by atoms with Gasteiger partial charge in [-0.25, -0.2) is 4.79 Å². The summed E-state index contributed by atoms with van der Waals surface area (Å²) in [7, 11) is 0. The van der Waals surface area contributed by atoms with Crippen molar-refractivity contribution in [3.05, 3.63) is 20.3 Å². The average molecular weight is 381 g/mol. The Morgan fingerprint density at radius 3 is 3.00 bits per heavy atom. The molecule has 8 heteroatoms. The monoisotopic (exact) mass is 381 g/mol. The number of nitrogens with two attached hydrogens (primary N) is 1. The normalized spacial score (nSPS) is 28.1. The topological polar surface area (TPSA) is 111 Å². The second-order valence-electron chi connectivity index (χ2n) is 4.47. The highest BCUT2D eigenvalue weighted by atomic mass is 127. The van der Waals surface area contributed by atoms with E-state index >= 15 is 0 Å². The van der Waals surface area contributed by atoms with Crippen LogP contribution in [0.2, 0.25) is 0 Å². The minimum absolute atomic E-state index is 0.189. The highest BCUT2D eigenvalue weighted by molar-refractivity contribution is 14.1. The first-order valence-electron chi connectivity index (χ1n) is 6.01. The number of hydrogen-bond donors (Lipinski definition) is 3. The maximum absolute atomic E-state index is 11.8. The Hall–Kier alpha value is -0.710. The number of aromatic nitrogens is 2. The lowest BCUT2D eigenvalue weighted by atomic mass is 10.1. The molecule has 7 nitrogen and oxygen atoms in total. The zero-order valence-electron chi connectivity index (χ0n) is 10.2. The molecule has 0 radical (unpaired) electrons. The van der Waals surface area contributed by atoms with E-state index in [1.165, 1.54) is 4.57 Å². The van der Waals surface area contributed by atoms with E-state index in [0.29, 0.717) is 22.8 Å². The molecule has 0 aliphatic carbocycles. The summed E-state index contributed by atoms with van der Waals surface area (Å²) in [6.45, 7) is -0.286. The Labute approximate surface area is 123 Å². The Bertz CT molecular complexity index is 507. The molecule has 0 unspecified atom stereocenters. The van der Waals surface area contributed by atoms with Crippen LogP contribution >= 0.6 is 22.6 Å². The van der Waals surface area contributed by atoms with Crippen LogP contribution in [-0.4, -0.2) is 38.6 Å². The van der Waals surface area contributed by atoms with E-state index in [1.54, 1.807) is 6.20 Å². The fraction of sp³-hybridized carbons (Fsp3) is 0.636. The summed E-state index contributed by atoms with van der Waals surface area (Å²) in [5.74, 6) is 0.189. The Balaban J connectivity index is 2.30. The molecule has 0 bridgehead atoms. The molecule has 1 aromatic rings. The third-order valence-electron chi connectivity index (χ3n) is 3.14. The number of halogens is 1. The maximum Gasteiger partial charge on any atom is 0.351 e. The largest absolute Gasteiger partial charge is 0.394 e. The van der Waals surface area contributed by atoms with Crippen molar-refractivity contribution in [3.63, 3.8) is 0 Å². The van der Waals surface area contributed by atoms with Gasteiger partial charge in [-0.3, -0.25) is 4.57 Å². The molecule has 19 heavy (non-hydrogen) atoms. The number of anilines is 1. The number of nitrogens with zero attached hydrogens (tertiary/aromatic N) is 2. The van der Waals surface area contributed by atoms with Crippen LogP contribution in [0.3, 0.4) is 0 Å². The molecule has 3 atom stereocenters. The molecule has 1 fully saturated rings. The van der Waals surface area contributed by atoms with E-state index in [2.05, 4.69) is 4.98 Å². The molecule has 0 saturated carbocycles. The third kappa shape index (κ3) is 3.25. The summed E-state index contributed by atoms with van der Waals surface area (Å²) in [5.41, 5.74) is 5.08. The van der Waals surface area contributed by atoms with E-state index in [9.17, 15) is 15.0 Å². The molecule has 106 valence electrons. The first-order chi connectivity index (χ1) is 9.02. The predicted octanol–water partition coefficient (Wildman–Crippen LogP) is -0.149. The quantitative estimate of drug-likeness (QED) is 0.615. The summed E-state index contributed by atoms with van der Waals surface area (Å²) in [4.78, 5) is 15.6. The first kappa shape index (κ1) is 14.7. The molecule has 1 aliphatic heterocycles. The molecule has 4 N–H and O–H groups in total. The zero-order chi connectivity index (χ0) is 14.0. The second-order valence-corrected chi connectivity index (χ2v) is 5.64. The standard InChI is InChI=1S/C11H16IN3O4/c12-6-4-15(11(18)14-10(6)13)9-3-1-2-7(17)8(5-16)19-9/h4,7-9,16-17H,1-3,5H2,(H2,13,14,18)/t7-,8+,9+/m0/s1. The van der Waals surface area contributed by atoms with Gasteiger partial charge in [0.2, 0.25) is 0 Å². The van der Waals surface area contributed by atoms with Gasteiger partial charge in [0.1, 0.15) is 18.1 Å². The highest BCUT2D eigenvalue weighted by Crippen LogP contribution is 2.25. The molecule has 0 spiro atoms. The van der Waals surface area contributed by atoms with E-state index < -0.39 is 24.1 Å². The lowest BCUT2D eigenvalue weighted by molar-refractivity contribution is -0.113. The number of rotatable bonds is 2. The number of hydrogen-bond acceptors (Lipinski definition) is 6. The number of aliphatic hydroxyl groups excluding tert-OH is 2. The van der Waals surface area contributed by atoms with Crippen LogP contribution < -0.4 is 11.4 Å². The fourth-order valence-electron chi connectivity index (χ4n) is 2.08. The van der Waals surface area contributed by atoms with Crippen molar-refractivity contribution in [1.82, 2.24) is 9.55 Å². The van der Waals surface area contributed by atoms with Gasteiger partial charge < -0.3 is 20.7 Å². The summed E-state index contributed by atoms with van der Waals surface area (Å²) >= 11 is 1.99. The van der Waals surface area contributed by atoms with Gasteiger partial charge in [-0.05, 0) is 41.9 Å². The molecule has 1 aromatic heterocycles. The number of nitrogen functional groups attached to an aromatic ring is 1. The number of ether oxygens (including phenoxy) is 1. The summed E-state index contributed by atoms with van der Waals surface area (Å²) in [6.07, 6.45) is 1.47. The molecule has 1 aliphatic rings. The Morgan fingerprint density at radius 2 is 2.32 bits per heavy atom. The predicted molar refractivity (Wildman–Crippen MR) is 76.5 cm³/mol. The van der Waals surface area contributed by atoms with Crippen LogP contribution in [0, 0.1) is 3.57 Å². The summed E-state index contributed by atoms with van der Waals surface area (Å²) < 4.78 is 7.63. The molecule has 1 saturated heterocycles. The van der Waals surface area contributed by atoms with E-state index in [0.717, 1.165) is 0 Å². The van der Waals surface area contributed by atoms with Gasteiger partial charge in [-0.15, -0.1) is 0 Å². The average Bonchev–Trinajstić information content (AvgIpc) is 2.55. The molecule has 0 amide bonds. The minimum Gasteiger partial charge on any atom is -0.394 e. The van der Waals surface area contributed by atoms with Gasteiger partial charge in [0, 0.05) is 6.20 Å². The number of aliphatic hydroxyl groups is 2. The van der Waals surface area contributed by atoms with Gasteiger partial charge in [0.15, 0.2) is 0 Å². The van der Waals surface area contributed by atoms with Crippen molar-refractivity contribution < 1.29 is 14.9 Å². The highest BCUT2D eigenvalue weighted by Gasteiger charge is 2.28. The summed E-state index contributed by atoms with van der Waals surface area (Å²) in [6, 6.07) is 0. The Morgan fingerprint density at radius 1 is 1.58 bits per heavy atom. The lowest BCUT2D eigenvalue weighted by Gasteiger charge is -2.24. The molecule has 2 rings (SSSR count). The van der Waals surface area contributed by atoms with Crippen molar-refractivity contribution in [2.45, 2.75) is 37.7 Å². The first-order valence-corrected chi connectivity index (χ1v) is 7.09. The second kappa shape index (κ2) is 6.16. The Kier molecular flexibility index (Phi) is 4.76. The van der Waals surface area contributed by atoms with Crippen molar-refractivity contribution in [2.75, 3.05) is 12.3 Å². The van der Waals surface area contributed by atoms with Gasteiger partial charge in [-0.2, -0.15) is 4.98 Å². The lowest BCUT2D eigenvalue weighted by Crippen LogP contribution is -2.35. The van der Waals surface area contributed by atoms with Gasteiger partial charge in [0.05, 0.1) is 16.3 Å². The molecule has 2 heterocycles. The van der Waals surface area contributed by atoms with Crippen LogP contribution in [0.5, 0.6) is 0 Å². The van der Waals surface area contributed by atoms with Crippen LogP contribution in [0.4, 0.5) is 5.82 Å². The molecular formula is C11H16IN3O4. The maximum atomic E-state index is 11.8. The summed E-state index contributed by atoms with van der Waals surface area (Å²) in [5, 5.41) is 19.0. The van der Waals surface area contributed by atoms with Crippen molar-refractivity contribution in [1.29, 1.82) is 0 Å². The van der Waals surface area contributed by atoms with Crippen molar-refractivity contribution >= 4 is 28.4 Å². The van der Waals surface area contributed by atoms with Gasteiger partial charge >= 0.3 is 5.69 Å². The molecular weight excluding hydrogens is 365 g/mol. The molecule has 0 aromatic carbocycles. The van der Waals surface area contributed by atoms with Gasteiger partial charge in [-0.1, -0.05) is 0 Å². The SMILES string of the molecule is Nc1nc(=O)n([C@H]2CCC[C@H](O)[C@@H](CO)O2)cc1I. The van der Waals surface area contributed by atoms with Crippen LogP contribution in [0.25, 0.3) is 0 Å². The smallest absolute Gasteiger partial charge is 0.351 e. The van der Waals surface area contributed by atoms with E-state index in [4.69, 9.17) is 10.5 Å². The van der Waals surface area contributed by atoms with Crippen LogP contribution in [0.15, 0.2) is 11.0 Å². The zero-order valence-corrected chi connectivity index (χ0v) is 12.4. The van der Waals surface area contributed by atoms with Gasteiger partial charge in [0.25, 0.3) is 0 Å². The van der Waals surface area contributed by atoms with Crippen molar-refractivity contribution in [2.24, 2.45) is 0 Å². The minimum atomic E-state index is -0.716. The fourth-order valence-corrected chi connectivity index (χ4v) is 2.50. The third-order valence-corrected chi connectivity index (χ3v) is 3.97. The van der Waals surface area contributed by atoms with Crippen LogP contribution in [0.1, 0.15) is 25.5 Å². The van der Waals surface area contributed by atoms with E-state index in [1.807, 2.05) is 22.6 Å². The van der Waals surface area contributed by atoms with Crippen molar-refractivity contribution in [3.8, 4) is 0 Å². The van der Waals surface area contributed by atoms with Crippen LogP contribution in [-0.2, 0) is 4.74 Å².